The SMILES string of the molecule is NC1=N[C@@]2(c3cc(NC(=O)C4=NCNC=C4)ccc3F)CCC[C@H]2CS1. The van der Waals surface area contributed by atoms with E-state index < -0.39 is 5.54 Å². The maximum atomic E-state index is 14.7. The highest BCUT2D eigenvalue weighted by atomic mass is 32.2. The van der Waals surface area contributed by atoms with Crippen LogP contribution in [0.5, 0.6) is 0 Å². The third kappa shape index (κ3) is 2.98. The van der Waals surface area contributed by atoms with E-state index >= 15 is 0 Å². The first-order valence-corrected chi connectivity index (χ1v) is 9.61. The van der Waals surface area contributed by atoms with Crippen molar-refractivity contribution in [2.24, 2.45) is 21.6 Å². The van der Waals surface area contributed by atoms with Gasteiger partial charge in [0.1, 0.15) is 18.2 Å². The van der Waals surface area contributed by atoms with Crippen molar-refractivity contribution in [3.05, 3.63) is 41.9 Å². The number of amides is 1. The summed E-state index contributed by atoms with van der Waals surface area (Å²) in [5.74, 6) is 0.484. The standard InChI is InChI=1S/C18H20FN5OS/c19-14-4-3-12(23-16(25)15-5-7-21-10-22-15)8-13(14)18-6-1-2-11(18)9-26-17(20)24-18/h3-5,7-8,11,21H,1-2,6,9-10H2,(H2,20,24)(H,23,25)/t11-,18-/m0/s1. The molecule has 2 aliphatic heterocycles. The normalized spacial score (nSPS) is 27.2. The summed E-state index contributed by atoms with van der Waals surface area (Å²) in [6.45, 7) is 0.365. The number of thioether (sulfide) groups is 1. The smallest absolute Gasteiger partial charge is 0.273 e. The zero-order valence-electron chi connectivity index (χ0n) is 14.2. The van der Waals surface area contributed by atoms with E-state index in [2.05, 4.69) is 20.6 Å². The monoisotopic (exact) mass is 373 g/mol. The number of fused-ring (bicyclic) bond motifs is 1. The first-order valence-electron chi connectivity index (χ1n) is 8.62. The average Bonchev–Trinajstić information content (AvgIpc) is 3.07. The fraction of sp³-hybridized carbons (Fsp3) is 0.389. The van der Waals surface area contributed by atoms with Crippen LogP contribution in [0, 0.1) is 11.7 Å². The molecule has 2 atom stereocenters. The van der Waals surface area contributed by atoms with Crippen molar-refractivity contribution in [2.75, 3.05) is 17.7 Å². The number of nitrogens with zero attached hydrogens (tertiary/aromatic N) is 2. The van der Waals surface area contributed by atoms with Crippen LogP contribution in [0.4, 0.5) is 10.1 Å². The lowest BCUT2D eigenvalue weighted by Gasteiger charge is -2.36. The molecular weight excluding hydrogens is 353 g/mol. The number of hydrogen-bond donors (Lipinski definition) is 3. The third-order valence-corrected chi connectivity index (χ3v) is 6.11. The van der Waals surface area contributed by atoms with E-state index in [1.807, 2.05) is 0 Å². The molecule has 136 valence electrons. The predicted octanol–water partition coefficient (Wildman–Crippen LogP) is 2.34. The molecule has 0 saturated heterocycles. The Morgan fingerprint density at radius 3 is 3.15 bits per heavy atom. The Morgan fingerprint density at radius 2 is 2.35 bits per heavy atom. The Labute approximate surface area is 155 Å². The zero-order chi connectivity index (χ0) is 18.1. The Hall–Kier alpha value is -2.35. The summed E-state index contributed by atoms with van der Waals surface area (Å²) < 4.78 is 14.7. The van der Waals surface area contributed by atoms with Gasteiger partial charge >= 0.3 is 0 Å². The highest BCUT2D eigenvalue weighted by molar-refractivity contribution is 8.13. The summed E-state index contributed by atoms with van der Waals surface area (Å²) >= 11 is 1.53. The molecule has 1 amide bonds. The number of nitrogens with two attached hydrogens (primary N) is 1. The largest absolute Gasteiger partial charge is 0.379 e. The molecule has 0 radical (unpaired) electrons. The Bertz CT molecular complexity index is 837. The van der Waals surface area contributed by atoms with E-state index in [1.165, 1.54) is 17.8 Å². The van der Waals surface area contributed by atoms with Crippen molar-refractivity contribution in [3.63, 3.8) is 0 Å². The van der Waals surface area contributed by atoms with E-state index in [4.69, 9.17) is 5.73 Å². The first-order chi connectivity index (χ1) is 12.6. The summed E-state index contributed by atoms with van der Waals surface area (Å²) in [6.07, 6.45) is 6.06. The molecule has 0 spiro atoms. The topological polar surface area (TPSA) is 91.9 Å². The second-order valence-electron chi connectivity index (χ2n) is 6.66. The summed E-state index contributed by atoms with van der Waals surface area (Å²) in [4.78, 5) is 21.1. The van der Waals surface area contributed by atoms with Crippen molar-refractivity contribution in [3.8, 4) is 0 Å². The van der Waals surface area contributed by atoms with E-state index in [9.17, 15) is 9.18 Å². The van der Waals surface area contributed by atoms with Crippen LogP contribution in [0.15, 0.2) is 40.5 Å². The second kappa shape index (κ2) is 6.75. The molecular formula is C18H20FN5OS. The van der Waals surface area contributed by atoms with Crippen LogP contribution in [-0.4, -0.2) is 29.2 Å². The fourth-order valence-electron chi connectivity index (χ4n) is 3.91. The number of benzene rings is 1. The number of rotatable bonds is 3. The van der Waals surface area contributed by atoms with E-state index in [1.54, 1.807) is 24.4 Å². The quantitative estimate of drug-likeness (QED) is 0.758. The molecule has 4 N–H and O–H groups in total. The van der Waals surface area contributed by atoms with Crippen molar-refractivity contribution in [1.29, 1.82) is 0 Å². The van der Waals surface area contributed by atoms with Crippen LogP contribution in [0.25, 0.3) is 0 Å². The third-order valence-electron chi connectivity index (χ3n) is 5.15. The Kier molecular flexibility index (Phi) is 4.44. The van der Waals surface area contributed by atoms with Gasteiger partial charge < -0.3 is 16.4 Å². The van der Waals surface area contributed by atoms with Gasteiger partial charge in [-0.3, -0.25) is 14.8 Å². The second-order valence-corrected chi connectivity index (χ2v) is 7.70. The summed E-state index contributed by atoms with van der Waals surface area (Å²) in [6, 6.07) is 4.65. The van der Waals surface area contributed by atoms with E-state index in [-0.39, 0.29) is 17.6 Å². The predicted molar refractivity (Wildman–Crippen MR) is 103 cm³/mol. The summed E-state index contributed by atoms with van der Waals surface area (Å²) in [5.41, 5.74) is 6.74. The van der Waals surface area contributed by atoms with Gasteiger partial charge in [-0.1, -0.05) is 18.2 Å². The van der Waals surface area contributed by atoms with Gasteiger partial charge in [0.15, 0.2) is 5.17 Å². The number of carbonyl (C=O) groups excluding carboxylic acids is 1. The molecule has 1 aromatic rings. The van der Waals surface area contributed by atoms with E-state index in [0.29, 0.717) is 28.8 Å². The van der Waals surface area contributed by atoms with Crippen LogP contribution in [-0.2, 0) is 10.3 Å². The molecule has 6 nitrogen and oxygen atoms in total. The molecule has 3 aliphatic rings. The zero-order valence-corrected chi connectivity index (χ0v) is 15.0. The van der Waals surface area contributed by atoms with Gasteiger partial charge in [-0.2, -0.15) is 0 Å². The van der Waals surface area contributed by atoms with Crippen molar-refractivity contribution in [1.82, 2.24) is 5.32 Å². The van der Waals surface area contributed by atoms with Crippen molar-refractivity contribution >= 4 is 34.2 Å². The number of aliphatic imine (C=N–C) groups is 2. The minimum absolute atomic E-state index is 0.261. The number of hydrogen-bond acceptors (Lipinski definition) is 6. The summed E-state index contributed by atoms with van der Waals surface area (Å²) in [7, 11) is 0. The lowest BCUT2D eigenvalue weighted by Crippen LogP contribution is -2.37. The van der Waals surface area contributed by atoms with Gasteiger partial charge in [-0.25, -0.2) is 4.39 Å². The van der Waals surface area contributed by atoms with Gasteiger partial charge in [0.25, 0.3) is 5.91 Å². The van der Waals surface area contributed by atoms with Gasteiger partial charge in [-0.05, 0) is 43.0 Å². The Balaban J connectivity index is 1.66. The molecule has 0 aromatic heterocycles. The lowest BCUT2D eigenvalue weighted by atomic mass is 9.81. The highest BCUT2D eigenvalue weighted by Crippen LogP contribution is 2.51. The highest BCUT2D eigenvalue weighted by Gasteiger charge is 2.48. The molecule has 2 heterocycles. The molecule has 4 rings (SSSR count). The maximum absolute atomic E-state index is 14.7. The molecule has 1 fully saturated rings. The number of carbonyl (C=O) groups is 1. The molecule has 26 heavy (non-hydrogen) atoms. The molecule has 8 heteroatoms. The van der Waals surface area contributed by atoms with Gasteiger partial charge in [0, 0.05) is 23.2 Å². The first kappa shape index (κ1) is 17.1. The molecule has 0 unspecified atom stereocenters. The lowest BCUT2D eigenvalue weighted by molar-refractivity contribution is -0.110. The van der Waals surface area contributed by atoms with Crippen LogP contribution in [0.3, 0.4) is 0 Å². The number of halogens is 1. The van der Waals surface area contributed by atoms with Crippen LogP contribution in [0.1, 0.15) is 24.8 Å². The van der Waals surface area contributed by atoms with Gasteiger partial charge in [0.2, 0.25) is 0 Å². The summed E-state index contributed by atoms with van der Waals surface area (Å²) in [5, 5.41) is 6.21. The fourth-order valence-corrected chi connectivity index (χ4v) is 4.95. The van der Waals surface area contributed by atoms with E-state index in [0.717, 1.165) is 25.0 Å². The van der Waals surface area contributed by atoms with Crippen molar-refractivity contribution in [2.45, 2.75) is 24.8 Å². The number of anilines is 1. The number of amidine groups is 1. The van der Waals surface area contributed by atoms with Crippen LogP contribution >= 0.6 is 11.8 Å². The van der Waals surface area contributed by atoms with Gasteiger partial charge in [-0.15, -0.1) is 0 Å². The van der Waals surface area contributed by atoms with Crippen molar-refractivity contribution < 1.29 is 9.18 Å². The van der Waals surface area contributed by atoms with Crippen LogP contribution in [0.2, 0.25) is 0 Å². The Morgan fingerprint density at radius 1 is 1.46 bits per heavy atom. The minimum Gasteiger partial charge on any atom is -0.379 e. The molecule has 1 aliphatic carbocycles. The molecule has 1 aromatic carbocycles. The number of nitrogens with one attached hydrogen (secondary N) is 2. The van der Waals surface area contributed by atoms with Crippen LogP contribution < -0.4 is 16.4 Å². The maximum Gasteiger partial charge on any atom is 0.273 e. The minimum atomic E-state index is -0.619. The molecule has 0 bridgehead atoms. The average molecular weight is 373 g/mol. The molecule has 1 saturated carbocycles. The van der Waals surface area contributed by atoms with Gasteiger partial charge in [0.05, 0.1) is 5.54 Å².